The van der Waals surface area contributed by atoms with E-state index in [1.807, 2.05) is 25.1 Å². The van der Waals surface area contributed by atoms with E-state index in [0.717, 1.165) is 31.5 Å². The third-order valence-electron chi connectivity index (χ3n) is 4.82. The maximum absolute atomic E-state index is 12.2. The molecular formula is C21H26N2O2. The Hall–Kier alpha value is -2.17. The zero-order chi connectivity index (χ0) is 17.6. The monoisotopic (exact) mass is 338 g/mol. The van der Waals surface area contributed by atoms with Crippen LogP contribution < -0.4 is 5.32 Å². The number of piperidine rings is 1. The van der Waals surface area contributed by atoms with Gasteiger partial charge < -0.3 is 10.4 Å². The van der Waals surface area contributed by atoms with Crippen LogP contribution in [0.5, 0.6) is 0 Å². The van der Waals surface area contributed by atoms with E-state index >= 15 is 0 Å². The van der Waals surface area contributed by atoms with Gasteiger partial charge in [0.15, 0.2) is 0 Å². The number of nitrogens with zero attached hydrogens (tertiary/aromatic N) is 1. The molecule has 0 saturated carbocycles. The average Bonchev–Trinajstić information content (AvgIpc) is 2.64. The number of rotatable bonds is 5. The van der Waals surface area contributed by atoms with Crippen molar-refractivity contribution in [1.29, 1.82) is 0 Å². The number of aliphatic hydroxyl groups excluding tert-OH is 1. The average molecular weight is 338 g/mol. The van der Waals surface area contributed by atoms with Crippen molar-refractivity contribution in [3.8, 4) is 11.1 Å². The van der Waals surface area contributed by atoms with E-state index in [1.54, 1.807) is 0 Å². The van der Waals surface area contributed by atoms with Gasteiger partial charge in [-0.1, -0.05) is 54.6 Å². The van der Waals surface area contributed by atoms with Gasteiger partial charge in [0.2, 0.25) is 5.91 Å². The lowest BCUT2D eigenvalue weighted by molar-refractivity contribution is -0.123. The van der Waals surface area contributed by atoms with Crippen LogP contribution in [0.1, 0.15) is 31.4 Å². The van der Waals surface area contributed by atoms with E-state index in [-0.39, 0.29) is 18.1 Å². The third-order valence-corrected chi connectivity index (χ3v) is 4.82. The molecule has 1 amide bonds. The number of nitrogens with one attached hydrogen (secondary N) is 1. The largest absolute Gasteiger partial charge is 0.393 e. The van der Waals surface area contributed by atoms with Gasteiger partial charge >= 0.3 is 0 Å². The van der Waals surface area contributed by atoms with Crippen molar-refractivity contribution < 1.29 is 9.90 Å². The molecule has 0 aromatic heterocycles. The Kier molecular flexibility index (Phi) is 5.84. The lowest BCUT2D eigenvalue weighted by Crippen LogP contribution is -2.43. The molecule has 3 rings (SSSR count). The van der Waals surface area contributed by atoms with Crippen LogP contribution in [-0.2, 0) is 4.79 Å². The molecule has 2 aromatic carbocycles. The molecule has 0 radical (unpaired) electrons. The molecule has 1 heterocycles. The summed E-state index contributed by atoms with van der Waals surface area (Å²) in [5.74, 6) is 0.0380. The summed E-state index contributed by atoms with van der Waals surface area (Å²) in [5, 5.41) is 12.6. The fourth-order valence-corrected chi connectivity index (χ4v) is 3.25. The molecule has 2 N–H and O–H groups in total. The van der Waals surface area contributed by atoms with Crippen molar-refractivity contribution in [2.45, 2.75) is 31.9 Å². The van der Waals surface area contributed by atoms with E-state index in [0.29, 0.717) is 6.54 Å². The van der Waals surface area contributed by atoms with Crippen LogP contribution >= 0.6 is 0 Å². The first-order valence-electron chi connectivity index (χ1n) is 8.97. The quantitative estimate of drug-likeness (QED) is 0.881. The first kappa shape index (κ1) is 17.6. The summed E-state index contributed by atoms with van der Waals surface area (Å²) in [6, 6.07) is 18.6. The zero-order valence-corrected chi connectivity index (χ0v) is 14.7. The van der Waals surface area contributed by atoms with Crippen molar-refractivity contribution in [2.75, 3.05) is 19.6 Å². The van der Waals surface area contributed by atoms with Crippen LogP contribution in [0, 0.1) is 0 Å². The van der Waals surface area contributed by atoms with Crippen molar-refractivity contribution >= 4 is 5.91 Å². The second kappa shape index (κ2) is 8.28. The third kappa shape index (κ3) is 4.91. The van der Waals surface area contributed by atoms with Crippen LogP contribution in [0.25, 0.3) is 11.1 Å². The minimum absolute atomic E-state index is 0.0206. The van der Waals surface area contributed by atoms with Gasteiger partial charge in [-0.2, -0.15) is 0 Å². The van der Waals surface area contributed by atoms with E-state index in [9.17, 15) is 9.90 Å². The van der Waals surface area contributed by atoms with Crippen LogP contribution in [0.3, 0.4) is 0 Å². The van der Waals surface area contributed by atoms with Gasteiger partial charge in [0.1, 0.15) is 0 Å². The Morgan fingerprint density at radius 1 is 1.08 bits per heavy atom. The summed E-state index contributed by atoms with van der Waals surface area (Å²) in [7, 11) is 0. The van der Waals surface area contributed by atoms with Crippen LogP contribution in [-0.4, -0.2) is 41.7 Å². The molecule has 25 heavy (non-hydrogen) atoms. The minimum atomic E-state index is -0.207. The van der Waals surface area contributed by atoms with Gasteiger partial charge in [0.05, 0.1) is 18.7 Å². The molecule has 4 nitrogen and oxygen atoms in total. The van der Waals surface area contributed by atoms with Crippen LogP contribution in [0.2, 0.25) is 0 Å². The molecule has 0 aliphatic carbocycles. The van der Waals surface area contributed by atoms with Crippen molar-refractivity contribution in [3.63, 3.8) is 0 Å². The van der Waals surface area contributed by atoms with Gasteiger partial charge in [0.25, 0.3) is 0 Å². The molecule has 132 valence electrons. The summed E-state index contributed by atoms with van der Waals surface area (Å²) < 4.78 is 0. The van der Waals surface area contributed by atoms with Crippen LogP contribution in [0.4, 0.5) is 0 Å². The summed E-state index contributed by atoms with van der Waals surface area (Å²) >= 11 is 0. The number of carbonyl (C=O) groups excluding carboxylic acids is 1. The van der Waals surface area contributed by atoms with Crippen LogP contribution in [0.15, 0.2) is 54.6 Å². The summed E-state index contributed by atoms with van der Waals surface area (Å²) in [4.78, 5) is 14.4. The van der Waals surface area contributed by atoms with Crippen molar-refractivity contribution in [1.82, 2.24) is 10.2 Å². The number of amides is 1. The van der Waals surface area contributed by atoms with Gasteiger partial charge in [-0.15, -0.1) is 0 Å². The topological polar surface area (TPSA) is 52.6 Å². The zero-order valence-electron chi connectivity index (χ0n) is 14.7. The maximum atomic E-state index is 12.2. The Morgan fingerprint density at radius 3 is 2.32 bits per heavy atom. The summed E-state index contributed by atoms with van der Waals surface area (Å²) in [6.45, 7) is 3.98. The van der Waals surface area contributed by atoms with Gasteiger partial charge in [0, 0.05) is 13.1 Å². The molecule has 1 atom stereocenters. The van der Waals surface area contributed by atoms with E-state index in [1.165, 1.54) is 11.1 Å². The smallest absolute Gasteiger partial charge is 0.234 e. The van der Waals surface area contributed by atoms with Crippen molar-refractivity contribution in [2.24, 2.45) is 0 Å². The SMILES string of the molecule is CC(NC(=O)CN1CCC(O)CC1)c1ccc(-c2ccccc2)cc1. The highest BCUT2D eigenvalue weighted by molar-refractivity contribution is 5.78. The molecule has 1 saturated heterocycles. The van der Waals surface area contributed by atoms with Gasteiger partial charge in [-0.3, -0.25) is 9.69 Å². The summed E-state index contributed by atoms with van der Waals surface area (Å²) in [5.41, 5.74) is 3.47. The molecule has 1 fully saturated rings. The normalized spacial score (nSPS) is 17.2. The number of benzene rings is 2. The number of hydrogen-bond acceptors (Lipinski definition) is 3. The number of carbonyl (C=O) groups is 1. The molecule has 0 spiro atoms. The lowest BCUT2D eigenvalue weighted by Gasteiger charge is -2.29. The predicted octanol–water partition coefficient (Wildman–Crippen LogP) is 2.99. The first-order valence-corrected chi connectivity index (χ1v) is 8.97. The molecule has 2 aromatic rings. The van der Waals surface area contributed by atoms with E-state index < -0.39 is 0 Å². The molecule has 1 aliphatic rings. The Bertz CT molecular complexity index is 677. The number of likely N-dealkylation sites (tertiary alicyclic amines) is 1. The highest BCUT2D eigenvalue weighted by Crippen LogP contribution is 2.21. The highest BCUT2D eigenvalue weighted by atomic mass is 16.3. The highest BCUT2D eigenvalue weighted by Gasteiger charge is 2.19. The number of hydrogen-bond donors (Lipinski definition) is 2. The minimum Gasteiger partial charge on any atom is -0.393 e. The lowest BCUT2D eigenvalue weighted by atomic mass is 10.0. The van der Waals surface area contributed by atoms with Gasteiger partial charge in [-0.25, -0.2) is 0 Å². The second-order valence-corrected chi connectivity index (χ2v) is 6.78. The first-order chi connectivity index (χ1) is 12.1. The second-order valence-electron chi connectivity index (χ2n) is 6.78. The maximum Gasteiger partial charge on any atom is 0.234 e. The van der Waals surface area contributed by atoms with Gasteiger partial charge in [-0.05, 0) is 36.5 Å². The number of aliphatic hydroxyl groups is 1. The Labute approximate surface area is 149 Å². The molecule has 1 unspecified atom stereocenters. The predicted molar refractivity (Wildman–Crippen MR) is 100 cm³/mol. The van der Waals surface area contributed by atoms with Crippen molar-refractivity contribution in [3.05, 3.63) is 60.2 Å². The van der Waals surface area contributed by atoms with E-state index in [4.69, 9.17) is 0 Å². The molecular weight excluding hydrogens is 312 g/mol. The molecule has 1 aliphatic heterocycles. The standard InChI is InChI=1S/C21H26N2O2/c1-16(22-21(25)15-23-13-11-20(24)12-14-23)17-7-9-19(10-8-17)18-5-3-2-4-6-18/h2-10,16,20,24H,11-15H2,1H3,(H,22,25). The Balaban J connectivity index is 1.54. The summed E-state index contributed by atoms with van der Waals surface area (Å²) in [6.07, 6.45) is 1.30. The Morgan fingerprint density at radius 2 is 1.68 bits per heavy atom. The molecule has 0 bridgehead atoms. The van der Waals surface area contributed by atoms with E-state index in [2.05, 4.69) is 46.6 Å². The fraction of sp³-hybridized carbons (Fsp3) is 0.381. The fourth-order valence-electron chi connectivity index (χ4n) is 3.25. The molecule has 4 heteroatoms.